The second-order valence-corrected chi connectivity index (χ2v) is 9.27. The predicted octanol–water partition coefficient (Wildman–Crippen LogP) is 3.12. The maximum atomic E-state index is 13.1. The van der Waals surface area contributed by atoms with Crippen LogP contribution in [0.15, 0.2) is 48.9 Å². The first-order valence-electron chi connectivity index (χ1n) is 12.5. The molecule has 0 unspecified atom stereocenters. The fourth-order valence-electron chi connectivity index (χ4n) is 4.24. The Bertz CT molecular complexity index is 1360. The number of aromatic nitrogens is 3. The Balaban J connectivity index is 1.41. The number of carbonyl (C=O) groups excluding carboxylic acids is 3. The average molecular weight is 517 g/mol. The van der Waals surface area contributed by atoms with Gasteiger partial charge < -0.3 is 25.0 Å². The first-order chi connectivity index (χ1) is 18.3. The fourth-order valence-corrected chi connectivity index (χ4v) is 4.24. The van der Waals surface area contributed by atoms with Crippen molar-refractivity contribution in [2.45, 2.75) is 38.7 Å². The van der Waals surface area contributed by atoms with Gasteiger partial charge in [-0.3, -0.25) is 19.4 Å². The molecule has 2 aliphatic rings. The number of anilines is 1. The van der Waals surface area contributed by atoms with Gasteiger partial charge in [0.15, 0.2) is 11.4 Å². The Morgan fingerprint density at radius 1 is 1.05 bits per heavy atom. The maximum Gasteiger partial charge on any atom is 0.272 e. The summed E-state index contributed by atoms with van der Waals surface area (Å²) in [6.45, 7) is 5.66. The van der Waals surface area contributed by atoms with Crippen molar-refractivity contribution in [1.82, 2.24) is 25.2 Å². The minimum Gasteiger partial charge on any atom is -0.477 e. The van der Waals surface area contributed by atoms with E-state index in [1.54, 1.807) is 48.4 Å². The van der Waals surface area contributed by atoms with Crippen molar-refractivity contribution < 1.29 is 23.9 Å². The third kappa shape index (κ3) is 5.26. The predicted molar refractivity (Wildman–Crippen MR) is 137 cm³/mol. The number of amides is 3. The Morgan fingerprint density at radius 3 is 2.47 bits per heavy atom. The topological polar surface area (TPSA) is 136 Å². The summed E-state index contributed by atoms with van der Waals surface area (Å²) in [5.41, 5.74) is 0.266. The molecule has 1 atom stereocenters. The number of pyridine rings is 1. The van der Waals surface area contributed by atoms with E-state index in [2.05, 4.69) is 25.6 Å². The lowest BCUT2D eigenvalue weighted by Crippen LogP contribution is -2.43. The lowest BCUT2D eigenvalue weighted by atomic mass is 9.98. The fraction of sp³-hybridized carbons (Fsp3) is 0.333. The average Bonchev–Trinajstić information content (AvgIpc) is 3.24. The first kappa shape index (κ1) is 25.1. The summed E-state index contributed by atoms with van der Waals surface area (Å²) < 4.78 is 12.2. The number of carbonyl (C=O) groups is 3. The molecule has 2 saturated heterocycles. The maximum absolute atomic E-state index is 13.1. The molecule has 196 valence electrons. The van der Waals surface area contributed by atoms with Crippen molar-refractivity contribution in [1.29, 1.82) is 0 Å². The van der Waals surface area contributed by atoms with Gasteiger partial charge in [-0.05, 0) is 44.0 Å². The zero-order valence-corrected chi connectivity index (χ0v) is 21.2. The van der Waals surface area contributed by atoms with Crippen LogP contribution in [0.5, 0.6) is 17.2 Å². The molecular formula is C27H28N6O5. The van der Waals surface area contributed by atoms with Gasteiger partial charge in [-0.15, -0.1) is 0 Å². The van der Waals surface area contributed by atoms with E-state index in [1.165, 1.54) is 12.4 Å². The van der Waals surface area contributed by atoms with Gasteiger partial charge in [0.25, 0.3) is 17.7 Å². The first-order valence-corrected chi connectivity index (χ1v) is 12.5. The highest BCUT2D eigenvalue weighted by atomic mass is 16.5. The van der Waals surface area contributed by atoms with E-state index in [0.29, 0.717) is 48.1 Å². The molecule has 11 nitrogen and oxygen atoms in total. The normalized spacial score (nSPS) is 18.4. The van der Waals surface area contributed by atoms with E-state index in [1.807, 2.05) is 6.92 Å². The standard InChI is InChI=1S/C27H28N6O5/c1-3-27(7-8-28-26(27)36)38-21-12-18(24(34)32-23-16-29-17(2)14-31-23)11-20(13-21)37-19-5-6-22(30-15-19)25(35)33-9-4-10-33/h5-6,11-16H,3-4,7-10H2,1-2H3,(H,28,36)(H,31,32,34)/t27-/m0/s1. The molecular weight excluding hydrogens is 488 g/mol. The number of likely N-dealkylation sites (tertiary alicyclic amines) is 1. The third-order valence-electron chi connectivity index (χ3n) is 6.61. The molecule has 2 N–H and O–H groups in total. The number of hydrogen-bond acceptors (Lipinski definition) is 8. The van der Waals surface area contributed by atoms with Gasteiger partial charge in [0.05, 0.1) is 24.3 Å². The van der Waals surface area contributed by atoms with Crippen molar-refractivity contribution in [2.75, 3.05) is 25.0 Å². The number of ether oxygens (including phenoxy) is 2. The number of nitrogens with one attached hydrogen (secondary N) is 2. The molecule has 2 aliphatic heterocycles. The van der Waals surface area contributed by atoms with Crippen LogP contribution in [0.4, 0.5) is 5.82 Å². The van der Waals surface area contributed by atoms with Crippen LogP contribution in [0.25, 0.3) is 0 Å². The molecule has 0 aliphatic carbocycles. The van der Waals surface area contributed by atoms with Crippen LogP contribution in [0.1, 0.15) is 52.7 Å². The van der Waals surface area contributed by atoms with Crippen molar-refractivity contribution in [3.63, 3.8) is 0 Å². The van der Waals surface area contributed by atoms with Gasteiger partial charge in [0.1, 0.15) is 22.9 Å². The number of rotatable bonds is 8. The molecule has 3 amide bonds. The van der Waals surface area contributed by atoms with E-state index in [0.717, 1.165) is 25.2 Å². The SMILES string of the molecule is CC[C@]1(Oc2cc(Oc3ccc(C(=O)N4CCC4)nc3)cc(C(=O)Nc3cnc(C)cn3)c2)CCNC1=O. The van der Waals surface area contributed by atoms with Crippen LogP contribution in [0.3, 0.4) is 0 Å². The van der Waals surface area contributed by atoms with Crippen LogP contribution in [-0.2, 0) is 4.79 Å². The van der Waals surface area contributed by atoms with E-state index >= 15 is 0 Å². The number of nitrogens with zero attached hydrogens (tertiary/aromatic N) is 4. The summed E-state index contributed by atoms with van der Waals surface area (Å²) in [7, 11) is 0. The van der Waals surface area contributed by atoms with Crippen molar-refractivity contribution >= 4 is 23.5 Å². The lowest BCUT2D eigenvalue weighted by Gasteiger charge is -2.30. The van der Waals surface area contributed by atoms with Gasteiger partial charge in [-0.2, -0.15) is 0 Å². The molecule has 0 spiro atoms. The van der Waals surface area contributed by atoms with Crippen LogP contribution in [0, 0.1) is 6.92 Å². The molecule has 1 aromatic carbocycles. The van der Waals surface area contributed by atoms with E-state index in [9.17, 15) is 14.4 Å². The van der Waals surface area contributed by atoms with Crippen LogP contribution in [-0.4, -0.2) is 62.8 Å². The van der Waals surface area contributed by atoms with Crippen LogP contribution in [0.2, 0.25) is 0 Å². The summed E-state index contributed by atoms with van der Waals surface area (Å²) in [6.07, 6.45) is 6.44. The molecule has 5 rings (SSSR count). The molecule has 4 heterocycles. The molecule has 0 bridgehead atoms. The second-order valence-electron chi connectivity index (χ2n) is 9.27. The minimum absolute atomic E-state index is 0.115. The number of hydrogen-bond donors (Lipinski definition) is 2. The van der Waals surface area contributed by atoms with Gasteiger partial charge in [0, 0.05) is 37.7 Å². The second kappa shape index (κ2) is 10.4. The molecule has 11 heteroatoms. The van der Waals surface area contributed by atoms with Crippen molar-refractivity contribution in [2.24, 2.45) is 0 Å². The van der Waals surface area contributed by atoms with Gasteiger partial charge in [-0.25, -0.2) is 9.97 Å². The highest BCUT2D eigenvalue weighted by Gasteiger charge is 2.43. The smallest absolute Gasteiger partial charge is 0.272 e. The summed E-state index contributed by atoms with van der Waals surface area (Å²) in [5.74, 6) is 0.515. The Kier molecular flexibility index (Phi) is 6.91. The van der Waals surface area contributed by atoms with Gasteiger partial charge in [0.2, 0.25) is 0 Å². The molecule has 3 aromatic rings. The number of benzene rings is 1. The minimum atomic E-state index is -1.03. The summed E-state index contributed by atoms with van der Waals surface area (Å²) >= 11 is 0. The Hall–Kier alpha value is -4.54. The molecule has 2 fully saturated rings. The lowest BCUT2D eigenvalue weighted by molar-refractivity contribution is -0.132. The zero-order chi connectivity index (χ0) is 26.7. The third-order valence-corrected chi connectivity index (χ3v) is 6.61. The van der Waals surface area contributed by atoms with Crippen LogP contribution >= 0.6 is 0 Å². The summed E-state index contributed by atoms with van der Waals surface area (Å²) in [6, 6.07) is 7.98. The van der Waals surface area contributed by atoms with Crippen molar-refractivity contribution in [3.05, 3.63) is 65.9 Å². The molecule has 0 saturated carbocycles. The van der Waals surface area contributed by atoms with Gasteiger partial charge in [-0.1, -0.05) is 6.92 Å². The highest BCUT2D eigenvalue weighted by molar-refractivity contribution is 6.04. The largest absolute Gasteiger partial charge is 0.477 e. The van der Waals surface area contributed by atoms with E-state index < -0.39 is 11.5 Å². The summed E-state index contributed by atoms with van der Waals surface area (Å²) in [5, 5.41) is 5.53. The zero-order valence-electron chi connectivity index (χ0n) is 21.2. The van der Waals surface area contributed by atoms with Crippen LogP contribution < -0.4 is 20.1 Å². The molecule has 38 heavy (non-hydrogen) atoms. The monoisotopic (exact) mass is 516 g/mol. The molecule has 0 radical (unpaired) electrons. The van der Waals surface area contributed by atoms with Crippen molar-refractivity contribution in [3.8, 4) is 17.2 Å². The number of aryl methyl sites for hydroxylation is 1. The van der Waals surface area contributed by atoms with E-state index in [-0.39, 0.29) is 17.4 Å². The quantitative estimate of drug-likeness (QED) is 0.466. The highest BCUT2D eigenvalue weighted by Crippen LogP contribution is 2.33. The van der Waals surface area contributed by atoms with E-state index in [4.69, 9.17) is 9.47 Å². The van der Waals surface area contributed by atoms with Gasteiger partial charge >= 0.3 is 0 Å². The Labute approximate surface area is 219 Å². The Morgan fingerprint density at radius 2 is 1.87 bits per heavy atom. The molecule has 2 aromatic heterocycles. The summed E-state index contributed by atoms with van der Waals surface area (Å²) in [4.78, 5) is 52.3.